The zero-order valence-electron chi connectivity index (χ0n) is 11.4. The van der Waals surface area contributed by atoms with E-state index in [-0.39, 0.29) is 0 Å². The third kappa shape index (κ3) is 4.24. The largest absolute Gasteiger partial charge is 0.376 e. The number of rotatable bonds is 2. The summed E-state index contributed by atoms with van der Waals surface area (Å²) in [7, 11) is 0. The lowest BCUT2D eigenvalue weighted by atomic mass is 9.95. The fraction of sp³-hybridized carbons (Fsp3) is 0.533. The Hall–Kier alpha value is -0.510. The van der Waals surface area contributed by atoms with Gasteiger partial charge in [-0.15, -0.1) is 0 Å². The van der Waals surface area contributed by atoms with Gasteiger partial charge in [0, 0.05) is 21.8 Å². The molecule has 1 aliphatic rings. The van der Waals surface area contributed by atoms with Crippen molar-refractivity contribution in [2.45, 2.75) is 51.0 Å². The van der Waals surface area contributed by atoms with Gasteiger partial charge in [0.25, 0.3) is 0 Å². The summed E-state index contributed by atoms with van der Waals surface area (Å²) >= 11 is 17.5. The molecule has 1 aromatic carbocycles. The minimum absolute atomic E-state index is 0.349. The van der Waals surface area contributed by atoms with Gasteiger partial charge in [0.15, 0.2) is 5.11 Å². The molecule has 2 nitrogen and oxygen atoms in total. The number of nitrogens with two attached hydrogens (primary N) is 1. The van der Waals surface area contributed by atoms with Crippen LogP contribution in [0, 0.1) is 0 Å². The Labute approximate surface area is 136 Å². The van der Waals surface area contributed by atoms with Gasteiger partial charge < -0.3 is 10.6 Å². The van der Waals surface area contributed by atoms with Gasteiger partial charge in [-0.2, -0.15) is 0 Å². The number of hydrogen-bond acceptors (Lipinski definition) is 1. The monoisotopic (exact) mass is 330 g/mol. The Morgan fingerprint density at radius 1 is 1.00 bits per heavy atom. The standard InChI is InChI=1S/C15H20Cl2N2S/c16-11-8-12(17)10-14(9-11)19(15(18)20)13-6-4-2-1-3-5-7-13/h8-10,13H,1-7H2,(H2,18,20). The van der Waals surface area contributed by atoms with Crippen LogP contribution in [0.5, 0.6) is 0 Å². The maximum absolute atomic E-state index is 6.10. The number of benzene rings is 1. The molecule has 110 valence electrons. The summed E-state index contributed by atoms with van der Waals surface area (Å²) in [6.07, 6.45) is 8.58. The minimum Gasteiger partial charge on any atom is -0.376 e. The van der Waals surface area contributed by atoms with Gasteiger partial charge in [0.1, 0.15) is 0 Å². The van der Waals surface area contributed by atoms with Gasteiger partial charge in [-0.05, 0) is 43.3 Å². The highest BCUT2D eigenvalue weighted by atomic mass is 35.5. The molecule has 0 aromatic heterocycles. The van der Waals surface area contributed by atoms with Crippen molar-refractivity contribution in [1.29, 1.82) is 0 Å². The molecule has 0 spiro atoms. The van der Waals surface area contributed by atoms with Crippen molar-refractivity contribution in [2.75, 3.05) is 4.90 Å². The molecule has 1 aromatic rings. The van der Waals surface area contributed by atoms with Crippen LogP contribution in [0.3, 0.4) is 0 Å². The van der Waals surface area contributed by atoms with Crippen LogP contribution in [0.1, 0.15) is 44.9 Å². The summed E-state index contributed by atoms with van der Waals surface area (Å²) in [6.45, 7) is 0. The van der Waals surface area contributed by atoms with Crippen LogP contribution < -0.4 is 10.6 Å². The molecule has 0 unspecified atom stereocenters. The summed E-state index contributed by atoms with van der Waals surface area (Å²) in [6, 6.07) is 5.83. The normalized spacial score (nSPS) is 17.3. The first-order valence-electron chi connectivity index (χ1n) is 7.12. The van der Waals surface area contributed by atoms with E-state index in [0.29, 0.717) is 21.2 Å². The molecule has 1 fully saturated rings. The Morgan fingerprint density at radius 2 is 1.50 bits per heavy atom. The molecule has 20 heavy (non-hydrogen) atoms. The topological polar surface area (TPSA) is 29.3 Å². The maximum atomic E-state index is 6.10. The Balaban J connectivity index is 2.26. The first kappa shape index (κ1) is 15.9. The van der Waals surface area contributed by atoms with E-state index in [2.05, 4.69) is 0 Å². The molecule has 0 atom stereocenters. The van der Waals surface area contributed by atoms with Crippen LogP contribution in [-0.2, 0) is 0 Å². The fourth-order valence-electron chi connectivity index (χ4n) is 2.89. The molecule has 2 N–H and O–H groups in total. The first-order valence-corrected chi connectivity index (χ1v) is 8.29. The molecule has 1 aliphatic carbocycles. The van der Waals surface area contributed by atoms with E-state index in [0.717, 1.165) is 18.5 Å². The summed E-state index contributed by atoms with van der Waals surface area (Å²) in [5.74, 6) is 0. The zero-order chi connectivity index (χ0) is 14.5. The minimum atomic E-state index is 0.349. The van der Waals surface area contributed by atoms with Crippen LogP contribution in [0.25, 0.3) is 0 Å². The van der Waals surface area contributed by atoms with Crippen LogP contribution in [0.4, 0.5) is 5.69 Å². The molecule has 2 rings (SSSR count). The molecule has 0 saturated heterocycles. The molecule has 5 heteroatoms. The van der Waals surface area contributed by atoms with E-state index in [1.54, 1.807) is 6.07 Å². The number of hydrogen-bond donors (Lipinski definition) is 1. The van der Waals surface area contributed by atoms with Crippen LogP contribution in [-0.4, -0.2) is 11.2 Å². The average Bonchev–Trinajstić information content (AvgIpc) is 2.30. The van der Waals surface area contributed by atoms with Crippen molar-refractivity contribution in [3.8, 4) is 0 Å². The molecule has 1 saturated carbocycles. The summed E-state index contributed by atoms with van der Waals surface area (Å²) < 4.78 is 0. The lowest BCUT2D eigenvalue weighted by molar-refractivity contribution is 0.452. The second kappa shape index (κ2) is 7.48. The third-order valence-corrected chi connectivity index (χ3v) is 4.44. The van der Waals surface area contributed by atoms with E-state index < -0.39 is 0 Å². The number of anilines is 1. The van der Waals surface area contributed by atoms with E-state index >= 15 is 0 Å². The van der Waals surface area contributed by atoms with Gasteiger partial charge in [-0.1, -0.05) is 55.3 Å². The van der Waals surface area contributed by atoms with Gasteiger partial charge in [-0.3, -0.25) is 0 Å². The molecule has 0 heterocycles. The second-order valence-corrected chi connectivity index (χ2v) is 6.63. The van der Waals surface area contributed by atoms with Crippen molar-refractivity contribution in [3.63, 3.8) is 0 Å². The van der Waals surface area contributed by atoms with E-state index in [1.807, 2.05) is 17.0 Å². The predicted octanol–water partition coefficient (Wildman–Crippen LogP) is 5.16. The summed E-state index contributed by atoms with van der Waals surface area (Å²) in [5, 5.41) is 1.62. The molecule has 0 amide bonds. The molecular formula is C15H20Cl2N2S. The highest BCUT2D eigenvalue weighted by Gasteiger charge is 2.22. The van der Waals surface area contributed by atoms with E-state index in [9.17, 15) is 0 Å². The zero-order valence-corrected chi connectivity index (χ0v) is 13.8. The van der Waals surface area contributed by atoms with Gasteiger partial charge in [0.2, 0.25) is 0 Å². The highest BCUT2D eigenvalue weighted by Crippen LogP contribution is 2.30. The van der Waals surface area contributed by atoms with Gasteiger partial charge >= 0.3 is 0 Å². The van der Waals surface area contributed by atoms with E-state index in [4.69, 9.17) is 41.2 Å². The van der Waals surface area contributed by atoms with Crippen molar-refractivity contribution in [3.05, 3.63) is 28.2 Å². The highest BCUT2D eigenvalue weighted by molar-refractivity contribution is 7.80. The Bertz CT molecular complexity index is 451. The SMILES string of the molecule is NC(=S)N(c1cc(Cl)cc(Cl)c1)C1CCCCCCC1. The van der Waals surface area contributed by atoms with Crippen LogP contribution in [0.2, 0.25) is 10.0 Å². The quantitative estimate of drug-likeness (QED) is 0.759. The lowest BCUT2D eigenvalue weighted by Gasteiger charge is -2.33. The van der Waals surface area contributed by atoms with E-state index in [1.165, 1.54) is 32.1 Å². The summed E-state index contributed by atoms with van der Waals surface area (Å²) in [4.78, 5) is 2.03. The van der Waals surface area contributed by atoms with Crippen molar-refractivity contribution in [1.82, 2.24) is 0 Å². The smallest absolute Gasteiger partial charge is 0.171 e. The van der Waals surface area contributed by atoms with Crippen LogP contribution >= 0.6 is 35.4 Å². The molecule has 0 radical (unpaired) electrons. The van der Waals surface area contributed by atoms with Gasteiger partial charge in [-0.25, -0.2) is 0 Å². The molecular weight excluding hydrogens is 311 g/mol. The van der Waals surface area contributed by atoms with Crippen LogP contribution in [0.15, 0.2) is 18.2 Å². The lowest BCUT2D eigenvalue weighted by Crippen LogP contribution is -2.44. The number of thiocarbonyl (C=S) groups is 1. The molecule has 0 bridgehead atoms. The fourth-order valence-corrected chi connectivity index (χ4v) is 3.66. The Kier molecular flexibility index (Phi) is 5.94. The van der Waals surface area contributed by atoms with Crippen molar-refractivity contribution in [2.24, 2.45) is 5.73 Å². The summed E-state index contributed by atoms with van der Waals surface area (Å²) in [5.41, 5.74) is 6.86. The second-order valence-electron chi connectivity index (χ2n) is 5.33. The number of halogens is 2. The predicted molar refractivity (Wildman–Crippen MR) is 91.8 cm³/mol. The maximum Gasteiger partial charge on any atom is 0.171 e. The molecule has 0 aliphatic heterocycles. The first-order chi connectivity index (χ1) is 9.58. The van der Waals surface area contributed by atoms with Crippen molar-refractivity contribution < 1.29 is 0 Å². The third-order valence-electron chi connectivity index (χ3n) is 3.80. The van der Waals surface area contributed by atoms with Crippen molar-refractivity contribution >= 4 is 46.2 Å². The number of nitrogens with zero attached hydrogens (tertiary/aromatic N) is 1. The average molecular weight is 331 g/mol. The van der Waals surface area contributed by atoms with Gasteiger partial charge in [0.05, 0.1) is 0 Å². The Morgan fingerprint density at radius 3 is 2.00 bits per heavy atom.